The van der Waals surface area contributed by atoms with Crippen LogP contribution in [0.4, 0.5) is 0 Å². The molecule has 0 saturated heterocycles. The first-order valence-electron chi connectivity index (χ1n) is 11.0. The van der Waals surface area contributed by atoms with Gasteiger partial charge in [-0.2, -0.15) is 4.98 Å². The Balaban J connectivity index is 1.56. The van der Waals surface area contributed by atoms with Crippen LogP contribution < -0.4 is 0 Å². The molecule has 1 aliphatic rings. The molecule has 0 bridgehead atoms. The number of aromatic nitrogens is 3. The molecule has 2 aromatic heterocycles. The number of benzene rings is 2. The number of allylic oxidation sites excluding steroid dienone is 1. The lowest BCUT2D eigenvalue weighted by Crippen LogP contribution is -2.27. The molecule has 2 aromatic carbocycles. The standard InChI is InChI=1S/C26H23ClN4O2/c1-3-22-29-23(33-30-22)15-31(2)26(32)24-19-6-4-5-7-21(19)28-25-17(10-13-20(24)25)14-16-8-11-18(27)12-9-16/h4-9,11-12,14H,3,10,13,15H2,1-2H3/b17-14-. The molecule has 7 heteroatoms. The van der Waals surface area contributed by atoms with Crippen molar-refractivity contribution in [3.05, 3.63) is 87.7 Å². The molecule has 5 rings (SSSR count). The predicted octanol–water partition coefficient (Wildman–Crippen LogP) is 5.59. The van der Waals surface area contributed by atoms with E-state index in [0.29, 0.717) is 28.7 Å². The minimum absolute atomic E-state index is 0.0751. The number of hydrogen-bond acceptors (Lipinski definition) is 5. The number of carbonyl (C=O) groups is 1. The summed E-state index contributed by atoms with van der Waals surface area (Å²) in [7, 11) is 1.76. The third-order valence-corrected chi connectivity index (χ3v) is 6.16. The zero-order valence-electron chi connectivity index (χ0n) is 18.5. The Hall–Kier alpha value is -3.51. The maximum absolute atomic E-state index is 13.7. The van der Waals surface area contributed by atoms with Gasteiger partial charge in [0.15, 0.2) is 5.82 Å². The third-order valence-electron chi connectivity index (χ3n) is 5.91. The van der Waals surface area contributed by atoms with Gasteiger partial charge < -0.3 is 9.42 Å². The van der Waals surface area contributed by atoms with E-state index in [1.165, 1.54) is 0 Å². The molecule has 1 amide bonds. The van der Waals surface area contributed by atoms with Gasteiger partial charge in [0.05, 0.1) is 23.3 Å². The fourth-order valence-corrected chi connectivity index (χ4v) is 4.37. The Kier molecular flexibility index (Phi) is 5.68. The molecule has 0 atom stereocenters. The van der Waals surface area contributed by atoms with E-state index in [1.54, 1.807) is 11.9 Å². The first kappa shape index (κ1) is 21.3. The number of amides is 1. The quantitative estimate of drug-likeness (QED) is 0.389. The fourth-order valence-electron chi connectivity index (χ4n) is 4.25. The summed E-state index contributed by atoms with van der Waals surface area (Å²) in [4.78, 5) is 24.6. The number of halogens is 1. The van der Waals surface area contributed by atoms with Crippen LogP contribution in [0.5, 0.6) is 0 Å². The van der Waals surface area contributed by atoms with Crippen molar-refractivity contribution in [2.45, 2.75) is 32.7 Å². The Morgan fingerprint density at radius 2 is 1.91 bits per heavy atom. The molecule has 0 fully saturated rings. The molecule has 6 nitrogen and oxygen atoms in total. The van der Waals surface area contributed by atoms with Crippen LogP contribution in [0.3, 0.4) is 0 Å². The molecular weight excluding hydrogens is 436 g/mol. The largest absolute Gasteiger partial charge is 0.337 e. The van der Waals surface area contributed by atoms with Crippen LogP contribution in [0.1, 0.15) is 52.2 Å². The van der Waals surface area contributed by atoms with Crippen molar-refractivity contribution in [1.29, 1.82) is 0 Å². The van der Waals surface area contributed by atoms with Gasteiger partial charge in [0.2, 0.25) is 5.89 Å². The van der Waals surface area contributed by atoms with Crippen molar-refractivity contribution < 1.29 is 9.32 Å². The van der Waals surface area contributed by atoms with Gasteiger partial charge in [0.1, 0.15) is 0 Å². The molecule has 4 aromatic rings. The van der Waals surface area contributed by atoms with Gasteiger partial charge in [0, 0.05) is 23.9 Å². The molecule has 0 unspecified atom stereocenters. The number of aryl methyl sites for hydroxylation is 1. The summed E-state index contributed by atoms with van der Waals surface area (Å²) in [5.41, 5.74) is 5.58. The van der Waals surface area contributed by atoms with Crippen molar-refractivity contribution >= 4 is 40.1 Å². The predicted molar refractivity (Wildman–Crippen MR) is 129 cm³/mol. The van der Waals surface area contributed by atoms with Gasteiger partial charge in [-0.05, 0) is 53.8 Å². The van der Waals surface area contributed by atoms with Crippen molar-refractivity contribution in [3.63, 3.8) is 0 Å². The molecule has 2 heterocycles. The van der Waals surface area contributed by atoms with Gasteiger partial charge >= 0.3 is 0 Å². The van der Waals surface area contributed by atoms with Crippen LogP contribution in [0.2, 0.25) is 5.02 Å². The second-order valence-electron chi connectivity index (χ2n) is 8.17. The summed E-state index contributed by atoms with van der Waals surface area (Å²) in [6, 6.07) is 15.5. The zero-order valence-corrected chi connectivity index (χ0v) is 19.3. The number of carbonyl (C=O) groups excluding carboxylic acids is 1. The molecule has 0 aliphatic heterocycles. The van der Waals surface area contributed by atoms with Crippen LogP contribution in [-0.2, 0) is 19.4 Å². The van der Waals surface area contributed by atoms with Gasteiger partial charge in [0.25, 0.3) is 5.91 Å². The van der Waals surface area contributed by atoms with E-state index in [1.807, 2.05) is 55.5 Å². The Labute approximate surface area is 196 Å². The second kappa shape index (κ2) is 8.79. The average molecular weight is 459 g/mol. The highest BCUT2D eigenvalue weighted by Gasteiger charge is 2.28. The summed E-state index contributed by atoms with van der Waals surface area (Å²) in [5.74, 6) is 0.993. The van der Waals surface area contributed by atoms with Crippen LogP contribution in [0.25, 0.3) is 22.6 Å². The topological polar surface area (TPSA) is 72.1 Å². The Morgan fingerprint density at radius 1 is 1.12 bits per heavy atom. The molecule has 0 radical (unpaired) electrons. The lowest BCUT2D eigenvalue weighted by Gasteiger charge is -2.19. The molecule has 0 saturated carbocycles. The highest BCUT2D eigenvalue weighted by molar-refractivity contribution is 6.30. The summed E-state index contributed by atoms with van der Waals surface area (Å²) >= 11 is 6.04. The maximum Gasteiger partial charge on any atom is 0.255 e. The summed E-state index contributed by atoms with van der Waals surface area (Å²) < 4.78 is 5.30. The van der Waals surface area contributed by atoms with Crippen LogP contribution in [0.15, 0.2) is 53.1 Å². The first-order chi connectivity index (χ1) is 16.0. The second-order valence-corrected chi connectivity index (χ2v) is 8.61. The first-order valence-corrected chi connectivity index (χ1v) is 11.4. The Morgan fingerprint density at radius 3 is 2.67 bits per heavy atom. The van der Waals surface area contributed by atoms with E-state index in [9.17, 15) is 4.79 Å². The van der Waals surface area contributed by atoms with Crippen molar-refractivity contribution in [1.82, 2.24) is 20.0 Å². The molecule has 1 aliphatic carbocycles. The van der Waals surface area contributed by atoms with Gasteiger partial charge in [-0.25, -0.2) is 4.98 Å². The Bertz CT molecular complexity index is 1380. The highest BCUT2D eigenvalue weighted by atomic mass is 35.5. The minimum Gasteiger partial charge on any atom is -0.337 e. The summed E-state index contributed by atoms with van der Waals surface area (Å²) in [6.45, 7) is 2.22. The number of rotatable bonds is 5. The van der Waals surface area contributed by atoms with E-state index in [-0.39, 0.29) is 12.5 Å². The number of fused-ring (bicyclic) bond motifs is 2. The van der Waals surface area contributed by atoms with Crippen molar-refractivity contribution in [3.8, 4) is 0 Å². The molecule has 0 spiro atoms. The summed E-state index contributed by atoms with van der Waals surface area (Å²) in [5, 5.41) is 5.50. The van der Waals surface area contributed by atoms with E-state index < -0.39 is 0 Å². The fraction of sp³-hybridized carbons (Fsp3) is 0.231. The zero-order chi connectivity index (χ0) is 22.9. The van der Waals surface area contributed by atoms with Gasteiger partial charge in [-0.1, -0.05) is 54.0 Å². The SMILES string of the molecule is CCc1noc(CN(C)C(=O)c2c3c(nc4ccccc24)/C(=C\c2ccc(Cl)cc2)CC3)n1. The van der Waals surface area contributed by atoms with E-state index in [4.69, 9.17) is 21.1 Å². The number of nitrogens with zero attached hydrogens (tertiary/aromatic N) is 4. The van der Waals surface area contributed by atoms with Crippen LogP contribution >= 0.6 is 11.6 Å². The van der Waals surface area contributed by atoms with E-state index >= 15 is 0 Å². The van der Waals surface area contributed by atoms with E-state index in [2.05, 4.69) is 16.2 Å². The van der Waals surface area contributed by atoms with Crippen molar-refractivity contribution in [2.24, 2.45) is 0 Å². The molecular formula is C26H23ClN4O2. The minimum atomic E-state index is -0.0751. The lowest BCUT2D eigenvalue weighted by molar-refractivity contribution is 0.0770. The monoisotopic (exact) mass is 458 g/mol. The van der Waals surface area contributed by atoms with Gasteiger partial charge in [-0.15, -0.1) is 0 Å². The van der Waals surface area contributed by atoms with Crippen molar-refractivity contribution in [2.75, 3.05) is 7.05 Å². The molecule has 166 valence electrons. The van der Waals surface area contributed by atoms with Crippen LogP contribution in [-0.4, -0.2) is 33.0 Å². The normalized spacial score (nSPS) is 14.1. The number of para-hydroxylation sites is 1. The number of hydrogen-bond donors (Lipinski definition) is 0. The smallest absolute Gasteiger partial charge is 0.255 e. The van der Waals surface area contributed by atoms with Crippen LogP contribution in [0, 0.1) is 0 Å². The molecule has 0 N–H and O–H groups in total. The average Bonchev–Trinajstić information content (AvgIpc) is 3.45. The summed E-state index contributed by atoms with van der Waals surface area (Å²) in [6.07, 6.45) is 4.41. The maximum atomic E-state index is 13.7. The lowest BCUT2D eigenvalue weighted by atomic mass is 9.99. The molecule has 33 heavy (non-hydrogen) atoms. The highest BCUT2D eigenvalue weighted by Crippen LogP contribution is 2.38. The third kappa shape index (κ3) is 4.14. The van der Waals surface area contributed by atoms with Gasteiger partial charge in [-0.3, -0.25) is 4.79 Å². The number of pyridine rings is 1. The van der Waals surface area contributed by atoms with E-state index in [0.717, 1.165) is 46.1 Å².